The van der Waals surface area contributed by atoms with Gasteiger partial charge < -0.3 is 20.7 Å². The van der Waals surface area contributed by atoms with Crippen LogP contribution in [-0.4, -0.2) is 62.3 Å². The quantitative estimate of drug-likeness (QED) is 0.646. The average molecular weight is 455 g/mol. The zero-order valence-corrected chi connectivity index (χ0v) is 18.1. The first kappa shape index (κ1) is 23.0. The highest BCUT2D eigenvalue weighted by Gasteiger charge is 2.45. The Morgan fingerprint density at radius 2 is 1.97 bits per heavy atom. The third-order valence-corrected chi connectivity index (χ3v) is 5.23. The molecule has 0 radical (unpaired) electrons. The summed E-state index contributed by atoms with van der Waals surface area (Å²) < 4.78 is 20.4. The summed E-state index contributed by atoms with van der Waals surface area (Å²) in [6.07, 6.45) is -0.687. The van der Waals surface area contributed by atoms with E-state index in [0.29, 0.717) is 5.56 Å². The molecule has 31 heavy (non-hydrogen) atoms. The molecule has 2 amide bonds. The molecule has 0 bridgehead atoms. The molecule has 0 saturated carbocycles. The van der Waals surface area contributed by atoms with E-state index in [2.05, 4.69) is 5.10 Å². The summed E-state index contributed by atoms with van der Waals surface area (Å²) in [6, 6.07) is 3.80. The summed E-state index contributed by atoms with van der Waals surface area (Å²) >= 11 is 5.88. The lowest BCUT2D eigenvalue weighted by atomic mass is 9.96. The topological polar surface area (TPSA) is 131 Å². The predicted molar refractivity (Wildman–Crippen MR) is 110 cm³/mol. The van der Waals surface area contributed by atoms with Gasteiger partial charge >= 0.3 is 6.09 Å². The number of halogens is 2. The number of benzene rings is 1. The van der Waals surface area contributed by atoms with Crippen LogP contribution in [-0.2, 0) is 16.8 Å². The minimum Gasteiger partial charge on any atom is -0.444 e. The second kappa shape index (κ2) is 8.10. The van der Waals surface area contributed by atoms with Gasteiger partial charge in [0, 0.05) is 5.56 Å². The van der Waals surface area contributed by atoms with Crippen molar-refractivity contribution in [1.82, 2.24) is 14.7 Å². The minimum absolute atomic E-state index is 0.0257. The second-order valence-electron chi connectivity index (χ2n) is 8.45. The first-order chi connectivity index (χ1) is 14.4. The number of primary amides is 1. The van der Waals surface area contributed by atoms with E-state index in [1.807, 2.05) is 0 Å². The molecule has 1 aliphatic rings. The summed E-state index contributed by atoms with van der Waals surface area (Å²) in [7, 11) is 0. The van der Waals surface area contributed by atoms with Crippen molar-refractivity contribution in [2.24, 2.45) is 5.73 Å². The van der Waals surface area contributed by atoms with Gasteiger partial charge in [0.1, 0.15) is 22.7 Å². The molecule has 0 unspecified atom stereocenters. The van der Waals surface area contributed by atoms with Gasteiger partial charge in [-0.1, -0.05) is 11.6 Å². The Kier molecular flexibility index (Phi) is 6.01. The van der Waals surface area contributed by atoms with Crippen molar-refractivity contribution < 1.29 is 28.9 Å². The fourth-order valence-corrected chi connectivity index (χ4v) is 3.67. The molecule has 1 aromatic carbocycles. The van der Waals surface area contributed by atoms with Crippen LogP contribution in [0.3, 0.4) is 0 Å². The van der Waals surface area contributed by atoms with Crippen molar-refractivity contribution >= 4 is 23.6 Å². The van der Waals surface area contributed by atoms with Crippen LogP contribution in [0.1, 0.15) is 36.8 Å². The number of carbonyl (C=O) groups excluding carboxylic acids is 2. The molecule has 0 fully saturated rings. The van der Waals surface area contributed by atoms with Crippen LogP contribution < -0.4 is 5.73 Å². The van der Waals surface area contributed by atoms with Gasteiger partial charge in [-0.15, -0.1) is 0 Å². The van der Waals surface area contributed by atoms with Crippen molar-refractivity contribution in [1.29, 1.82) is 0 Å². The van der Waals surface area contributed by atoms with Crippen molar-refractivity contribution in [3.05, 3.63) is 40.3 Å². The van der Waals surface area contributed by atoms with Crippen LogP contribution in [0.25, 0.3) is 11.3 Å². The summed E-state index contributed by atoms with van der Waals surface area (Å²) in [4.78, 5) is 26.4. The van der Waals surface area contributed by atoms with Crippen molar-refractivity contribution in [3.8, 4) is 11.3 Å². The van der Waals surface area contributed by atoms with E-state index in [4.69, 9.17) is 22.1 Å². The lowest BCUT2D eigenvalue weighted by molar-refractivity contribution is -0.0229. The molecule has 2 heterocycles. The maximum Gasteiger partial charge on any atom is 0.410 e. The fourth-order valence-electron chi connectivity index (χ4n) is 3.49. The van der Waals surface area contributed by atoms with E-state index >= 15 is 0 Å². The number of amides is 2. The standard InChI is InChI=1S/C20H24ClFN4O5/c1-19(2,3)31-18(30)25-7-14-15(17(23)29)16(11-4-5-13(22)12(21)6-11)24-26(14)20(8-25,9-27)10-28/h4-6,27-28H,7-10H2,1-3H3,(H2,23,29). The molecule has 0 aliphatic carbocycles. The van der Waals surface area contributed by atoms with E-state index in [-0.39, 0.29) is 35.1 Å². The monoisotopic (exact) mass is 454 g/mol. The third-order valence-electron chi connectivity index (χ3n) is 4.94. The van der Waals surface area contributed by atoms with Crippen LogP contribution >= 0.6 is 11.6 Å². The Morgan fingerprint density at radius 3 is 2.48 bits per heavy atom. The molecule has 1 aromatic heterocycles. The highest BCUT2D eigenvalue weighted by Crippen LogP contribution is 2.35. The summed E-state index contributed by atoms with van der Waals surface area (Å²) in [5, 5.41) is 24.5. The molecular weight excluding hydrogens is 431 g/mol. The number of carbonyl (C=O) groups is 2. The number of hydrogen-bond donors (Lipinski definition) is 3. The van der Waals surface area contributed by atoms with Gasteiger partial charge in [-0.05, 0) is 39.0 Å². The molecule has 11 heteroatoms. The zero-order valence-electron chi connectivity index (χ0n) is 17.4. The SMILES string of the molecule is CC(C)(C)OC(=O)N1Cc2c(C(N)=O)c(-c3ccc(F)c(Cl)c3)nn2C(CO)(CO)C1. The highest BCUT2D eigenvalue weighted by molar-refractivity contribution is 6.31. The van der Waals surface area contributed by atoms with Gasteiger partial charge in [-0.3, -0.25) is 14.4 Å². The molecule has 1 aliphatic heterocycles. The van der Waals surface area contributed by atoms with Gasteiger partial charge in [0.2, 0.25) is 0 Å². The number of aliphatic hydroxyl groups is 2. The molecule has 0 atom stereocenters. The summed E-state index contributed by atoms with van der Waals surface area (Å²) in [5.74, 6) is -1.49. The normalized spacial score (nSPS) is 15.5. The van der Waals surface area contributed by atoms with Gasteiger partial charge in [0.15, 0.2) is 0 Å². The molecule has 9 nitrogen and oxygen atoms in total. The number of ether oxygens (including phenoxy) is 1. The minimum atomic E-state index is -1.43. The Labute approximate surface area is 183 Å². The number of rotatable bonds is 4. The van der Waals surface area contributed by atoms with Crippen LogP contribution in [0.15, 0.2) is 18.2 Å². The summed E-state index contributed by atoms with van der Waals surface area (Å²) in [5.41, 5.74) is 4.01. The fraction of sp³-hybridized carbons (Fsp3) is 0.450. The van der Waals surface area contributed by atoms with Gasteiger partial charge in [-0.25, -0.2) is 9.18 Å². The number of hydrogen-bond acceptors (Lipinski definition) is 6. The first-order valence-electron chi connectivity index (χ1n) is 9.49. The second-order valence-corrected chi connectivity index (χ2v) is 8.86. The Balaban J connectivity index is 2.19. The van der Waals surface area contributed by atoms with Crippen LogP contribution in [0.4, 0.5) is 9.18 Å². The molecule has 0 saturated heterocycles. The molecular formula is C20H24ClFN4O5. The Morgan fingerprint density at radius 1 is 1.32 bits per heavy atom. The Bertz CT molecular complexity index is 1030. The van der Waals surface area contributed by atoms with Crippen molar-refractivity contribution in [3.63, 3.8) is 0 Å². The van der Waals surface area contributed by atoms with Crippen molar-refractivity contribution in [2.75, 3.05) is 19.8 Å². The maximum atomic E-state index is 13.6. The van der Waals surface area contributed by atoms with Crippen LogP contribution in [0.2, 0.25) is 5.02 Å². The third kappa shape index (κ3) is 4.23. The molecule has 2 aromatic rings. The summed E-state index contributed by atoms with van der Waals surface area (Å²) in [6.45, 7) is 3.72. The molecule has 4 N–H and O–H groups in total. The van der Waals surface area contributed by atoms with E-state index in [0.717, 1.165) is 6.07 Å². The zero-order chi connectivity index (χ0) is 23.1. The largest absolute Gasteiger partial charge is 0.444 e. The van der Waals surface area contributed by atoms with E-state index in [1.54, 1.807) is 20.8 Å². The number of nitrogens with two attached hydrogens (primary N) is 1. The van der Waals surface area contributed by atoms with Gasteiger partial charge in [0.25, 0.3) is 5.91 Å². The molecule has 0 spiro atoms. The van der Waals surface area contributed by atoms with E-state index in [9.17, 15) is 24.2 Å². The molecule has 3 rings (SSSR count). The van der Waals surface area contributed by atoms with Crippen molar-refractivity contribution in [2.45, 2.75) is 38.5 Å². The first-order valence-corrected chi connectivity index (χ1v) is 9.87. The smallest absolute Gasteiger partial charge is 0.410 e. The predicted octanol–water partition coefficient (Wildman–Crippen LogP) is 1.87. The van der Waals surface area contributed by atoms with Gasteiger partial charge in [0.05, 0.1) is 42.6 Å². The maximum absolute atomic E-state index is 13.6. The van der Waals surface area contributed by atoms with Gasteiger partial charge in [-0.2, -0.15) is 5.10 Å². The van der Waals surface area contributed by atoms with E-state index in [1.165, 1.54) is 21.7 Å². The number of aliphatic hydroxyl groups excluding tert-OH is 2. The van der Waals surface area contributed by atoms with Crippen LogP contribution in [0, 0.1) is 5.82 Å². The molecule has 168 valence electrons. The van der Waals surface area contributed by atoms with Crippen LogP contribution in [0.5, 0.6) is 0 Å². The lowest BCUT2D eigenvalue weighted by Gasteiger charge is -2.41. The average Bonchev–Trinajstić information content (AvgIpc) is 3.08. The number of nitrogens with zero attached hydrogens (tertiary/aromatic N) is 3. The number of fused-ring (bicyclic) bond motifs is 1. The van der Waals surface area contributed by atoms with E-state index < -0.39 is 42.2 Å². The number of aromatic nitrogens is 2. The Hall–Kier alpha value is -2.69. The highest BCUT2D eigenvalue weighted by atomic mass is 35.5. The lowest BCUT2D eigenvalue weighted by Crippen LogP contribution is -2.57.